The molecule has 3 aromatic rings. The summed E-state index contributed by atoms with van der Waals surface area (Å²) in [5.74, 6) is -1.20. The standard InChI is InChI=1S/C30H31FN6O4/c1-18-3-4-20-12-24(31)7-5-22(20)15-36(18)27(39)17-37-28(40)30(34-29(37)41)10-9-21-11-19(6-8-25(21)30)23-13-33-35(14-23)16-26(38)32-2/h5-8,11-14,18H,3-4,9-10,15-17H2,1-2H3,(H,32,38)(H,34,41)/t18-,30?/m1/s1. The van der Waals surface area contributed by atoms with Crippen molar-refractivity contribution in [3.63, 3.8) is 0 Å². The molecule has 3 aliphatic rings. The molecular weight excluding hydrogens is 527 g/mol. The molecule has 3 heterocycles. The van der Waals surface area contributed by atoms with E-state index >= 15 is 0 Å². The van der Waals surface area contributed by atoms with Crippen LogP contribution in [-0.2, 0) is 45.9 Å². The first-order valence-electron chi connectivity index (χ1n) is 13.8. The van der Waals surface area contributed by atoms with Crippen molar-refractivity contribution in [3.05, 3.63) is 76.9 Å². The van der Waals surface area contributed by atoms with Gasteiger partial charge in [0.25, 0.3) is 5.91 Å². The van der Waals surface area contributed by atoms with Gasteiger partial charge in [0.05, 0.1) is 6.20 Å². The van der Waals surface area contributed by atoms with Crippen LogP contribution in [-0.4, -0.2) is 63.0 Å². The van der Waals surface area contributed by atoms with Gasteiger partial charge in [-0.2, -0.15) is 5.10 Å². The van der Waals surface area contributed by atoms with Crippen molar-refractivity contribution < 1.29 is 23.6 Å². The van der Waals surface area contributed by atoms with Crippen LogP contribution in [0.5, 0.6) is 0 Å². The summed E-state index contributed by atoms with van der Waals surface area (Å²) in [7, 11) is 1.57. The van der Waals surface area contributed by atoms with Gasteiger partial charge in [-0.15, -0.1) is 0 Å². The molecule has 41 heavy (non-hydrogen) atoms. The SMILES string of the molecule is CNC(=O)Cn1cc(-c2ccc3c(c2)CCC32NC(=O)N(CC(=O)N3Cc4ccc(F)cc4CC[C@H]3C)C2=O)cn1. The number of aryl methyl sites for hydroxylation is 2. The van der Waals surface area contributed by atoms with Gasteiger partial charge in [-0.3, -0.25) is 24.0 Å². The number of hydrogen-bond donors (Lipinski definition) is 2. The molecule has 1 aliphatic carbocycles. The van der Waals surface area contributed by atoms with Crippen molar-refractivity contribution in [2.24, 2.45) is 0 Å². The van der Waals surface area contributed by atoms with Gasteiger partial charge >= 0.3 is 6.03 Å². The van der Waals surface area contributed by atoms with Crippen LogP contribution < -0.4 is 10.6 Å². The van der Waals surface area contributed by atoms with Gasteiger partial charge in [0.15, 0.2) is 0 Å². The number of amides is 5. The summed E-state index contributed by atoms with van der Waals surface area (Å²) in [5.41, 5.74) is 3.94. The maximum Gasteiger partial charge on any atom is 0.325 e. The number of imide groups is 1. The first-order valence-corrected chi connectivity index (χ1v) is 13.8. The molecule has 5 amide bonds. The number of hydrogen-bond acceptors (Lipinski definition) is 5. The maximum absolute atomic E-state index is 13.8. The normalized spacial score (nSPS) is 21.5. The number of aromatic nitrogens is 2. The topological polar surface area (TPSA) is 117 Å². The quantitative estimate of drug-likeness (QED) is 0.467. The Bertz CT molecular complexity index is 1580. The number of rotatable bonds is 5. The fraction of sp³-hybridized carbons (Fsp3) is 0.367. The van der Waals surface area contributed by atoms with Gasteiger partial charge < -0.3 is 15.5 Å². The second kappa shape index (κ2) is 10.1. The van der Waals surface area contributed by atoms with Crippen LogP contribution in [0.15, 0.2) is 48.8 Å². The van der Waals surface area contributed by atoms with Gasteiger partial charge in [0.1, 0.15) is 24.4 Å². The molecule has 1 unspecified atom stereocenters. The lowest BCUT2D eigenvalue weighted by Gasteiger charge is -2.29. The summed E-state index contributed by atoms with van der Waals surface area (Å²) < 4.78 is 15.3. The third-order valence-electron chi connectivity index (χ3n) is 8.55. The first-order chi connectivity index (χ1) is 19.7. The van der Waals surface area contributed by atoms with E-state index in [9.17, 15) is 23.6 Å². The summed E-state index contributed by atoms with van der Waals surface area (Å²) in [5, 5.41) is 9.72. The molecule has 0 saturated carbocycles. The minimum atomic E-state index is -1.21. The zero-order valence-electron chi connectivity index (χ0n) is 22.9. The monoisotopic (exact) mass is 558 g/mol. The molecule has 1 saturated heterocycles. The number of benzene rings is 2. The molecule has 2 aromatic carbocycles. The van der Waals surface area contributed by atoms with Gasteiger partial charge in [-0.1, -0.05) is 24.3 Å². The number of carbonyl (C=O) groups is 4. The van der Waals surface area contributed by atoms with E-state index in [0.29, 0.717) is 32.2 Å². The highest BCUT2D eigenvalue weighted by atomic mass is 19.1. The molecular formula is C30H31FN6O4. The highest BCUT2D eigenvalue weighted by Crippen LogP contribution is 2.42. The van der Waals surface area contributed by atoms with E-state index in [4.69, 9.17) is 0 Å². The minimum absolute atomic E-state index is 0.112. The highest BCUT2D eigenvalue weighted by Gasteiger charge is 2.55. The number of halogens is 1. The maximum atomic E-state index is 13.8. The average molecular weight is 559 g/mol. The lowest BCUT2D eigenvalue weighted by molar-refractivity contribution is -0.140. The van der Waals surface area contributed by atoms with E-state index < -0.39 is 17.5 Å². The predicted molar refractivity (Wildman–Crippen MR) is 147 cm³/mol. The number of nitrogens with zero attached hydrogens (tertiary/aromatic N) is 4. The summed E-state index contributed by atoms with van der Waals surface area (Å²) in [6.45, 7) is 1.99. The fourth-order valence-electron chi connectivity index (χ4n) is 6.20. The summed E-state index contributed by atoms with van der Waals surface area (Å²) >= 11 is 0. The van der Waals surface area contributed by atoms with Crippen LogP contribution in [0.1, 0.15) is 42.0 Å². The Morgan fingerprint density at radius 3 is 2.71 bits per heavy atom. The predicted octanol–water partition coefficient (Wildman–Crippen LogP) is 2.49. The van der Waals surface area contributed by atoms with Crippen LogP contribution in [0.4, 0.5) is 9.18 Å². The molecule has 6 rings (SSSR count). The summed E-state index contributed by atoms with van der Waals surface area (Å²) in [6.07, 6.45) is 5.76. The molecule has 0 bridgehead atoms. The van der Waals surface area contributed by atoms with Crippen molar-refractivity contribution >= 4 is 23.8 Å². The Morgan fingerprint density at radius 1 is 1.07 bits per heavy atom. The second-order valence-electron chi connectivity index (χ2n) is 11.0. The first kappa shape index (κ1) is 26.7. The Kier molecular flexibility index (Phi) is 6.59. The molecule has 1 fully saturated rings. The van der Waals surface area contributed by atoms with Crippen molar-refractivity contribution in [2.45, 2.75) is 57.3 Å². The zero-order valence-corrected chi connectivity index (χ0v) is 22.9. The van der Waals surface area contributed by atoms with Crippen molar-refractivity contribution in [1.29, 1.82) is 0 Å². The van der Waals surface area contributed by atoms with Crippen molar-refractivity contribution in [3.8, 4) is 11.1 Å². The fourth-order valence-corrected chi connectivity index (χ4v) is 6.20. The van der Waals surface area contributed by atoms with E-state index in [1.165, 1.54) is 12.1 Å². The lowest BCUT2D eigenvalue weighted by Crippen LogP contribution is -2.46. The zero-order chi connectivity index (χ0) is 28.9. The van der Waals surface area contributed by atoms with Gasteiger partial charge in [-0.05, 0) is 72.6 Å². The molecule has 11 heteroatoms. The molecule has 2 atom stereocenters. The third-order valence-corrected chi connectivity index (χ3v) is 8.55. The van der Waals surface area contributed by atoms with Crippen LogP contribution in [0.2, 0.25) is 0 Å². The average Bonchev–Trinajstić information content (AvgIpc) is 3.60. The van der Waals surface area contributed by atoms with E-state index in [1.807, 2.05) is 25.1 Å². The smallest absolute Gasteiger partial charge is 0.325 e. The Balaban J connectivity index is 1.20. The molecule has 212 valence electrons. The van der Waals surface area contributed by atoms with E-state index in [1.54, 1.807) is 35.1 Å². The minimum Gasteiger partial charge on any atom is -0.358 e. The number of urea groups is 1. The molecule has 10 nitrogen and oxygen atoms in total. The molecule has 0 radical (unpaired) electrons. The Hall–Kier alpha value is -4.54. The van der Waals surface area contributed by atoms with Crippen LogP contribution >= 0.6 is 0 Å². The van der Waals surface area contributed by atoms with Gasteiger partial charge in [0.2, 0.25) is 11.8 Å². The van der Waals surface area contributed by atoms with Crippen LogP contribution in [0.3, 0.4) is 0 Å². The highest BCUT2D eigenvalue weighted by molar-refractivity contribution is 6.10. The van der Waals surface area contributed by atoms with E-state index in [-0.39, 0.29) is 36.8 Å². The van der Waals surface area contributed by atoms with Crippen molar-refractivity contribution in [2.75, 3.05) is 13.6 Å². The third kappa shape index (κ3) is 4.64. The number of nitrogens with one attached hydrogen (secondary N) is 2. The summed E-state index contributed by atoms with van der Waals surface area (Å²) in [6, 6.07) is 9.60. The summed E-state index contributed by atoms with van der Waals surface area (Å²) in [4.78, 5) is 54.7. The van der Waals surface area contributed by atoms with Crippen LogP contribution in [0, 0.1) is 5.82 Å². The van der Waals surface area contributed by atoms with Gasteiger partial charge in [-0.25, -0.2) is 9.18 Å². The Labute approximate surface area is 236 Å². The van der Waals surface area contributed by atoms with E-state index in [0.717, 1.165) is 38.3 Å². The van der Waals surface area contributed by atoms with E-state index in [2.05, 4.69) is 15.7 Å². The second-order valence-corrected chi connectivity index (χ2v) is 11.0. The largest absolute Gasteiger partial charge is 0.358 e. The van der Waals surface area contributed by atoms with Crippen molar-refractivity contribution in [1.82, 2.24) is 30.2 Å². The number of carbonyl (C=O) groups excluding carboxylic acids is 4. The molecule has 2 N–H and O–H groups in total. The van der Waals surface area contributed by atoms with Gasteiger partial charge in [0, 0.05) is 31.4 Å². The Morgan fingerprint density at radius 2 is 1.90 bits per heavy atom. The molecule has 2 aliphatic heterocycles. The number of likely N-dealkylation sites (N-methyl/N-ethyl adjacent to an activating group) is 1. The molecule has 1 aromatic heterocycles. The van der Waals surface area contributed by atoms with Crippen LogP contribution in [0.25, 0.3) is 11.1 Å². The lowest BCUT2D eigenvalue weighted by atomic mass is 9.90. The molecule has 1 spiro atoms. The number of fused-ring (bicyclic) bond motifs is 3.